The molecule has 2 aromatic heterocycles. The zero-order valence-corrected chi connectivity index (χ0v) is 27.3. The lowest BCUT2D eigenvalue weighted by atomic mass is 10.0. The van der Waals surface area contributed by atoms with Crippen molar-refractivity contribution in [3.8, 4) is 22.3 Å². The van der Waals surface area contributed by atoms with Crippen LogP contribution in [0.2, 0.25) is 0 Å². The second-order valence-electron chi connectivity index (χ2n) is 12.6. The van der Waals surface area contributed by atoms with Gasteiger partial charge >= 0.3 is 0 Å². The molecule has 230 valence electrons. The molecular formula is C46H29NOS. The van der Waals surface area contributed by atoms with Crippen molar-refractivity contribution in [2.75, 3.05) is 4.90 Å². The number of hydrogen-bond donors (Lipinski definition) is 0. The fourth-order valence-electron chi connectivity index (χ4n) is 7.26. The predicted octanol–water partition coefficient (Wildman–Crippen LogP) is 13.9. The lowest BCUT2D eigenvalue weighted by Gasteiger charge is -2.26. The third-order valence-electron chi connectivity index (χ3n) is 9.63. The lowest BCUT2D eigenvalue weighted by Crippen LogP contribution is -2.10. The van der Waals surface area contributed by atoms with Gasteiger partial charge in [-0.3, -0.25) is 0 Å². The van der Waals surface area contributed by atoms with E-state index in [1.807, 2.05) is 23.5 Å². The molecule has 0 unspecified atom stereocenters. The molecule has 10 aromatic rings. The monoisotopic (exact) mass is 643 g/mol. The van der Waals surface area contributed by atoms with Crippen LogP contribution >= 0.6 is 11.3 Å². The Kier molecular flexibility index (Phi) is 6.39. The number of para-hydroxylation sites is 1. The van der Waals surface area contributed by atoms with E-state index >= 15 is 0 Å². The fraction of sp³-hybridized carbons (Fsp3) is 0. The first kappa shape index (κ1) is 27.9. The molecule has 0 spiro atoms. The molecule has 0 atom stereocenters. The third-order valence-corrected chi connectivity index (χ3v) is 10.8. The van der Waals surface area contributed by atoms with Gasteiger partial charge in [-0.25, -0.2) is 0 Å². The van der Waals surface area contributed by atoms with Crippen LogP contribution in [0.15, 0.2) is 180 Å². The number of anilines is 3. The number of nitrogens with zero attached hydrogens (tertiary/aromatic N) is 1. The number of fused-ring (bicyclic) bond motifs is 7. The summed E-state index contributed by atoms with van der Waals surface area (Å²) in [4.78, 5) is 2.38. The van der Waals surface area contributed by atoms with Gasteiger partial charge in [0, 0.05) is 48.0 Å². The molecule has 0 radical (unpaired) electrons. The van der Waals surface area contributed by atoms with Gasteiger partial charge in [-0.15, -0.1) is 11.3 Å². The van der Waals surface area contributed by atoms with Crippen LogP contribution < -0.4 is 4.90 Å². The summed E-state index contributed by atoms with van der Waals surface area (Å²) in [5.74, 6) is 0. The third kappa shape index (κ3) is 4.70. The molecule has 0 fully saturated rings. The molecule has 0 aliphatic rings. The average molecular weight is 644 g/mol. The topological polar surface area (TPSA) is 16.4 Å². The van der Waals surface area contributed by atoms with Gasteiger partial charge in [0.05, 0.1) is 0 Å². The highest BCUT2D eigenvalue weighted by Gasteiger charge is 2.17. The Hall–Kier alpha value is -6.16. The van der Waals surface area contributed by atoms with Crippen LogP contribution in [0.3, 0.4) is 0 Å². The molecule has 0 bridgehead atoms. The van der Waals surface area contributed by atoms with Gasteiger partial charge in [0.25, 0.3) is 0 Å². The van der Waals surface area contributed by atoms with E-state index < -0.39 is 0 Å². The zero-order valence-electron chi connectivity index (χ0n) is 26.5. The highest BCUT2D eigenvalue weighted by molar-refractivity contribution is 7.26. The summed E-state index contributed by atoms with van der Waals surface area (Å²) in [6, 6.07) is 63.3. The molecule has 0 saturated carbocycles. The van der Waals surface area contributed by atoms with Crippen LogP contribution in [0.1, 0.15) is 0 Å². The Morgan fingerprint density at radius 2 is 1.08 bits per heavy atom. The van der Waals surface area contributed by atoms with Crippen molar-refractivity contribution >= 4 is 81.3 Å². The first-order valence-corrected chi connectivity index (χ1v) is 17.4. The number of benzene rings is 8. The maximum absolute atomic E-state index is 6.22. The number of hydrogen-bond acceptors (Lipinski definition) is 3. The molecule has 0 N–H and O–H groups in total. The van der Waals surface area contributed by atoms with Crippen LogP contribution in [0.5, 0.6) is 0 Å². The normalized spacial score (nSPS) is 11.7. The second kappa shape index (κ2) is 11.2. The van der Waals surface area contributed by atoms with E-state index in [-0.39, 0.29) is 0 Å². The highest BCUT2D eigenvalue weighted by Crippen LogP contribution is 2.43. The summed E-state index contributed by atoms with van der Waals surface area (Å²) < 4.78 is 8.86. The molecule has 2 nitrogen and oxygen atoms in total. The molecule has 0 saturated heterocycles. The average Bonchev–Trinajstić information content (AvgIpc) is 3.73. The summed E-state index contributed by atoms with van der Waals surface area (Å²) in [5, 5.41) is 7.23. The Labute approximate surface area is 287 Å². The van der Waals surface area contributed by atoms with Crippen LogP contribution in [0.4, 0.5) is 17.1 Å². The molecule has 3 heteroatoms. The zero-order chi connectivity index (χ0) is 32.3. The first-order valence-electron chi connectivity index (χ1n) is 16.6. The summed E-state index contributed by atoms with van der Waals surface area (Å²) in [7, 11) is 0. The number of rotatable bonds is 5. The van der Waals surface area contributed by atoms with Gasteiger partial charge < -0.3 is 9.32 Å². The van der Waals surface area contributed by atoms with E-state index in [4.69, 9.17) is 4.42 Å². The largest absolute Gasteiger partial charge is 0.456 e. The van der Waals surface area contributed by atoms with Gasteiger partial charge in [0.15, 0.2) is 0 Å². The Morgan fingerprint density at radius 3 is 1.98 bits per heavy atom. The molecule has 10 rings (SSSR count). The predicted molar refractivity (Wildman–Crippen MR) is 210 cm³/mol. The van der Waals surface area contributed by atoms with Crippen molar-refractivity contribution in [3.63, 3.8) is 0 Å². The van der Waals surface area contributed by atoms with E-state index in [9.17, 15) is 0 Å². The van der Waals surface area contributed by atoms with Crippen molar-refractivity contribution in [3.05, 3.63) is 176 Å². The smallest absolute Gasteiger partial charge is 0.136 e. The van der Waals surface area contributed by atoms with Crippen molar-refractivity contribution in [1.82, 2.24) is 0 Å². The molecule has 0 aliphatic heterocycles. The van der Waals surface area contributed by atoms with E-state index in [1.54, 1.807) is 0 Å². The molecular weight excluding hydrogens is 615 g/mol. The van der Waals surface area contributed by atoms with Gasteiger partial charge in [-0.2, -0.15) is 0 Å². The Balaban J connectivity index is 1.15. The van der Waals surface area contributed by atoms with Gasteiger partial charge in [-0.05, 0) is 93.7 Å². The van der Waals surface area contributed by atoms with Gasteiger partial charge in [-0.1, -0.05) is 115 Å². The summed E-state index contributed by atoms with van der Waals surface area (Å²) in [6.07, 6.45) is 0. The maximum Gasteiger partial charge on any atom is 0.136 e. The number of thiophene rings is 1. The van der Waals surface area contributed by atoms with Crippen molar-refractivity contribution < 1.29 is 4.42 Å². The number of furan rings is 1. The van der Waals surface area contributed by atoms with E-state index in [1.165, 1.54) is 47.8 Å². The van der Waals surface area contributed by atoms with Crippen molar-refractivity contribution in [2.24, 2.45) is 0 Å². The van der Waals surface area contributed by atoms with E-state index in [0.29, 0.717) is 0 Å². The minimum absolute atomic E-state index is 0.915. The standard InChI is InChI=1S/C46H29NOS/c1-2-10-30(11-3-1)31-20-23-35(24-21-31)47(37-25-22-32-29-44-42(28-34(32)27-37)39-14-4-6-18-43(39)48-44)36-13-8-12-33(26-36)38-16-9-17-41-40-15-5-7-19-45(40)49-46(38)41/h1-29H. The summed E-state index contributed by atoms with van der Waals surface area (Å²) >= 11 is 1.87. The van der Waals surface area contributed by atoms with Gasteiger partial charge in [0.1, 0.15) is 11.2 Å². The highest BCUT2D eigenvalue weighted by atomic mass is 32.1. The van der Waals surface area contributed by atoms with Crippen molar-refractivity contribution in [2.45, 2.75) is 0 Å². The minimum atomic E-state index is 0.915. The lowest BCUT2D eigenvalue weighted by molar-refractivity contribution is 0.669. The molecule has 2 heterocycles. The van der Waals surface area contributed by atoms with Gasteiger partial charge in [0.2, 0.25) is 0 Å². The molecule has 8 aromatic carbocycles. The second-order valence-corrected chi connectivity index (χ2v) is 13.6. The van der Waals surface area contributed by atoms with Crippen LogP contribution in [0.25, 0.3) is 75.1 Å². The molecule has 49 heavy (non-hydrogen) atoms. The molecule has 0 amide bonds. The Morgan fingerprint density at radius 1 is 0.388 bits per heavy atom. The quantitative estimate of drug-likeness (QED) is 0.186. The van der Waals surface area contributed by atoms with E-state index in [0.717, 1.165) is 44.4 Å². The fourth-order valence-corrected chi connectivity index (χ4v) is 8.50. The summed E-state index contributed by atoms with van der Waals surface area (Å²) in [6.45, 7) is 0. The van der Waals surface area contributed by atoms with Crippen molar-refractivity contribution in [1.29, 1.82) is 0 Å². The maximum atomic E-state index is 6.22. The first-order chi connectivity index (χ1) is 24.3. The Bertz CT molecular complexity index is 2830. The summed E-state index contributed by atoms with van der Waals surface area (Å²) in [5.41, 5.74) is 10.0. The minimum Gasteiger partial charge on any atom is -0.456 e. The van der Waals surface area contributed by atoms with Crippen LogP contribution in [-0.2, 0) is 0 Å². The van der Waals surface area contributed by atoms with E-state index in [2.05, 4.69) is 169 Å². The SMILES string of the molecule is c1ccc(-c2ccc(N(c3cccc(-c4cccc5c4sc4ccccc45)c3)c3ccc4cc5oc6ccccc6c5cc4c3)cc2)cc1. The van der Waals surface area contributed by atoms with Crippen LogP contribution in [0, 0.1) is 0 Å². The molecule has 0 aliphatic carbocycles. The van der Waals surface area contributed by atoms with Crippen LogP contribution in [-0.4, -0.2) is 0 Å².